The number of rotatable bonds is 7. The molecule has 1 rings (SSSR count). The van der Waals surface area contributed by atoms with E-state index in [1.165, 1.54) is 5.56 Å². The van der Waals surface area contributed by atoms with Crippen molar-refractivity contribution in [3.63, 3.8) is 0 Å². The normalized spacial score (nSPS) is 13.0. The van der Waals surface area contributed by atoms with Gasteiger partial charge in [-0.1, -0.05) is 30.3 Å². The van der Waals surface area contributed by atoms with Crippen LogP contribution in [-0.2, 0) is 16.4 Å². The topological polar surface area (TPSA) is 82.6 Å². The van der Waals surface area contributed by atoms with Gasteiger partial charge < -0.3 is 10.6 Å². The van der Waals surface area contributed by atoms with Crippen LogP contribution in [0.25, 0.3) is 0 Å². The van der Waals surface area contributed by atoms with E-state index in [9.17, 15) is 8.42 Å². The van der Waals surface area contributed by atoms with Crippen molar-refractivity contribution >= 4 is 16.0 Å². The summed E-state index contributed by atoms with van der Waals surface area (Å²) in [4.78, 5) is 4.14. The molecular weight excluding hydrogens is 300 g/mol. The third-order valence-electron chi connectivity index (χ3n) is 2.93. The molecule has 0 radical (unpaired) electrons. The van der Waals surface area contributed by atoms with Gasteiger partial charge in [0.2, 0.25) is 10.0 Å². The number of benzene rings is 1. The van der Waals surface area contributed by atoms with E-state index in [1.807, 2.05) is 32.0 Å². The highest BCUT2D eigenvalue weighted by molar-refractivity contribution is 7.88. The quantitative estimate of drug-likeness (QED) is 0.509. The van der Waals surface area contributed by atoms with E-state index in [0.717, 1.165) is 19.2 Å². The summed E-state index contributed by atoms with van der Waals surface area (Å²) in [5.41, 5.74) is 0.662. The monoisotopic (exact) mass is 326 g/mol. The SMILES string of the molecule is CN=C(NCCc1ccccc1)NCC(C)(C)NS(C)(=O)=O. The van der Waals surface area contributed by atoms with Gasteiger partial charge in [0, 0.05) is 25.7 Å². The number of hydrogen-bond donors (Lipinski definition) is 3. The van der Waals surface area contributed by atoms with Gasteiger partial charge in [-0.2, -0.15) is 0 Å². The molecule has 0 aliphatic rings. The van der Waals surface area contributed by atoms with Gasteiger partial charge in [-0.15, -0.1) is 0 Å². The first-order chi connectivity index (χ1) is 10.2. The standard InChI is InChI=1S/C15H26N4O2S/c1-15(2,19-22(4,20)21)12-18-14(16-3)17-11-10-13-8-6-5-7-9-13/h5-9,19H,10-12H2,1-4H3,(H2,16,17,18). The largest absolute Gasteiger partial charge is 0.356 e. The lowest BCUT2D eigenvalue weighted by Gasteiger charge is -2.26. The molecule has 0 amide bonds. The summed E-state index contributed by atoms with van der Waals surface area (Å²) in [6.07, 6.45) is 2.05. The van der Waals surface area contributed by atoms with E-state index in [2.05, 4.69) is 32.5 Å². The predicted octanol–water partition coefficient (Wildman–Crippen LogP) is 0.722. The van der Waals surface area contributed by atoms with E-state index < -0.39 is 15.6 Å². The Bertz CT molecular complexity index is 583. The van der Waals surface area contributed by atoms with Gasteiger partial charge in [0.15, 0.2) is 5.96 Å². The Balaban J connectivity index is 2.39. The van der Waals surface area contributed by atoms with Gasteiger partial charge >= 0.3 is 0 Å². The lowest BCUT2D eigenvalue weighted by molar-refractivity contribution is 0.446. The molecule has 1 aromatic carbocycles. The van der Waals surface area contributed by atoms with E-state index in [4.69, 9.17) is 0 Å². The Morgan fingerprint density at radius 1 is 1.18 bits per heavy atom. The van der Waals surface area contributed by atoms with Gasteiger partial charge in [0.1, 0.15) is 0 Å². The summed E-state index contributed by atoms with van der Waals surface area (Å²) in [6, 6.07) is 10.2. The molecule has 0 heterocycles. The molecule has 0 aromatic heterocycles. The predicted molar refractivity (Wildman–Crippen MR) is 91.6 cm³/mol. The first-order valence-electron chi connectivity index (χ1n) is 7.19. The zero-order chi connectivity index (χ0) is 16.6. The van der Waals surface area contributed by atoms with Crippen LogP contribution in [0, 0.1) is 0 Å². The Hall–Kier alpha value is -1.60. The smallest absolute Gasteiger partial charge is 0.209 e. The molecule has 0 aliphatic carbocycles. The van der Waals surface area contributed by atoms with Crippen LogP contribution in [-0.4, -0.2) is 46.3 Å². The van der Waals surface area contributed by atoms with Crippen LogP contribution < -0.4 is 15.4 Å². The molecular formula is C15H26N4O2S. The summed E-state index contributed by atoms with van der Waals surface area (Å²) in [5.74, 6) is 0.652. The maximum Gasteiger partial charge on any atom is 0.209 e. The van der Waals surface area contributed by atoms with Crippen molar-refractivity contribution in [3.05, 3.63) is 35.9 Å². The summed E-state index contributed by atoms with van der Waals surface area (Å²) in [6.45, 7) is 4.82. The number of sulfonamides is 1. The van der Waals surface area contributed by atoms with E-state index >= 15 is 0 Å². The maximum atomic E-state index is 11.3. The minimum absolute atomic E-state index is 0.436. The fraction of sp³-hybridized carbons (Fsp3) is 0.533. The second-order valence-electron chi connectivity index (χ2n) is 5.85. The van der Waals surface area contributed by atoms with Crippen molar-refractivity contribution in [2.24, 2.45) is 4.99 Å². The molecule has 22 heavy (non-hydrogen) atoms. The molecule has 0 saturated carbocycles. The molecule has 0 spiro atoms. The zero-order valence-electron chi connectivity index (χ0n) is 13.7. The van der Waals surface area contributed by atoms with Crippen molar-refractivity contribution < 1.29 is 8.42 Å². The summed E-state index contributed by atoms with van der Waals surface area (Å²) >= 11 is 0. The average molecular weight is 326 g/mol. The highest BCUT2D eigenvalue weighted by Crippen LogP contribution is 2.02. The second kappa shape index (κ2) is 8.14. The fourth-order valence-corrected chi connectivity index (χ4v) is 3.11. The van der Waals surface area contributed by atoms with Gasteiger partial charge in [-0.05, 0) is 25.8 Å². The highest BCUT2D eigenvalue weighted by Gasteiger charge is 2.22. The minimum Gasteiger partial charge on any atom is -0.356 e. The molecule has 124 valence electrons. The molecule has 0 saturated heterocycles. The molecule has 0 unspecified atom stereocenters. The van der Waals surface area contributed by atoms with E-state index in [-0.39, 0.29) is 0 Å². The first-order valence-corrected chi connectivity index (χ1v) is 9.08. The summed E-state index contributed by atoms with van der Waals surface area (Å²) in [5, 5.41) is 6.35. The third-order valence-corrected chi connectivity index (χ3v) is 3.86. The fourth-order valence-electron chi connectivity index (χ4n) is 2.03. The first kappa shape index (κ1) is 18.4. The van der Waals surface area contributed by atoms with Crippen molar-refractivity contribution in [1.82, 2.24) is 15.4 Å². The Morgan fingerprint density at radius 3 is 2.36 bits per heavy atom. The van der Waals surface area contributed by atoms with Crippen molar-refractivity contribution in [2.45, 2.75) is 25.8 Å². The molecule has 6 nitrogen and oxygen atoms in total. The molecule has 0 atom stereocenters. The Labute approximate surface area is 133 Å². The van der Waals surface area contributed by atoms with Crippen LogP contribution in [0.1, 0.15) is 19.4 Å². The number of nitrogens with zero attached hydrogens (tertiary/aromatic N) is 1. The number of hydrogen-bond acceptors (Lipinski definition) is 3. The van der Waals surface area contributed by atoms with Gasteiger partial charge in [-0.3, -0.25) is 4.99 Å². The average Bonchev–Trinajstić information content (AvgIpc) is 2.41. The van der Waals surface area contributed by atoms with Crippen LogP contribution in [0.4, 0.5) is 0 Å². The molecule has 0 fully saturated rings. The molecule has 0 aliphatic heterocycles. The third kappa shape index (κ3) is 7.99. The highest BCUT2D eigenvalue weighted by atomic mass is 32.2. The summed E-state index contributed by atoms with van der Waals surface area (Å²) < 4.78 is 25.2. The van der Waals surface area contributed by atoms with Crippen LogP contribution in [0.3, 0.4) is 0 Å². The van der Waals surface area contributed by atoms with E-state index in [1.54, 1.807) is 7.05 Å². The van der Waals surface area contributed by atoms with Crippen molar-refractivity contribution in [2.75, 3.05) is 26.4 Å². The number of aliphatic imine (C=N–C) groups is 1. The van der Waals surface area contributed by atoms with Crippen LogP contribution in [0.15, 0.2) is 35.3 Å². The molecule has 7 heteroatoms. The Morgan fingerprint density at radius 2 is 1.82 bits per heavy atom. The van der Waals surface area contributed by atoms with Crippen LogP contribution in [0.5, 0.6) is 0 Å². The Kier molecular flexibility index (Phi) is 6.83. The second-order valence-corrected chi connectivity index (χ2v) is 7.59. The lowest BCUT2D eigenvalue weighted by atomic mass is 10.1. The summed E-state index contributed by atoms with van der Waals surface area (Å²) in [7, 11) is -1.55. The van der Waals surface area contributed by atoms with Gasteiger partial charge in [0.05, 0.1) is 6.26 Å². The molecule has 1 aromatic rings. The number of guanidine groups is 1. The zero-order valence-corrected chi connectivity index (χ0v) is 14.5. The molecule has 3 N–H and O–H groups in total. The van der Waals surface area contributed by atoms with Gasteiger partial charge in [0.25, 0.3) is 0 Å². The van der Waals surface area contributed by atoms with Crippen LogP contribution >= 0.6 is 0 Å². The van der Waals surface area contributed by atoms with Gasteiger partial charge in [-0.25, -0.2) is 13.1 Å². The van der Waals surface area contributed by atoms with E-state index in [0.29, 0.717) is 12.5 Å². The minimum atomic E-state index is -3.24. The maximum absolute atomic E-state index is 11.3. The molecule has 0 bridgehead atoms. The lowest BCUT2D eigenvalue weighted by Crippen LogP contribution is -2.53. The van der Waals surface area contributed by atoms with Crippen molar-refractivity contribution in [1.29, 1.82) is 0 Å². The van der Waals surface area contributed by atoms with Crippen molar-refractivity contribution in [3.8, 4) is 0 Å². The number of nitrogens with one attached hydrogen (secondary N) is 3. The van der Waals surface area contributed by atoms with Crippen LogP contribution in [0.2, 0.25) is 0 Å².